The molecule has 0 unspecified atom stereocenters. The first-order chi connectivity index (χ1) is 14.2. The Morgan fingerprint density at radius 2 is 1.79 bits per heavy atom. The van der Waals surface area contributed by atoms with Crippen LogP contribution in [0.4, 0.5) is 5.69 Å². The minimum atomic E-state index is -0.433. The number of nitrogens with zero attached hydrogens (tertiary/aromatic N) is 3. The molecule has 2 aromatic carbocycles. The summed E-state index contributed by atoms with van der Waals surface area (Å²) in [5.74, 6) is 1.17. The third kappa shape index (κ3) is 4.03. The standard InChI is InChI=1S/C22H22N4O3/c1-29-22(28)16-11-9-15(10-12-16)21(27)23-18-7-5-6-17(14-18)20-25-24-19-8-3-2-4-13-26(19)20/h5-7,9-12,14H,2-4,8,13H2,1H3,(H,23,27). The number of amides is 1. The normalized spacial score (nSPS) is 13.3. The molecule has 0 saturated carbocycles. The van der Waals surface area contributed by atoms with E-state index in [2.05, 4.69) is 24.8 Å². The summed E-state index contributed by atoms with van der Waals surface area (Å²) in [7, 11) is 1.32. The van der Waals surface area contributed by atoms with E-state index in [0.29, 0.717) is 16.8 Å². The van der Waals surface area contributed by atoms with Gasteiger partial charge < -0.3 is 14.6 Å². The van der Waals surface area contributed by atoms with Crippen LogP contribution in [0.15, 0.2) is 48.5 Å². The predicted octanol–water partition coefficient (Wildman–Crippen LogP) is 3.71. The maximum absolute atomic E-state index is 12.6. The van der Waals surface area contributed by atoms with Gasteiger partial charge in [0, 0.05) is 29.8 Å². The molecule has 4 rings (SSSR count). The van der Waals surface area contributed by atoms with Crippen LogP contribution in [0, 0.1) is 0 Å². The lowest BCUT2D eigenvalue weighted by atomic mass is 10.1. The van der Waals surface area contributed by atoms with Gasteiger partial charge in [-0.15, -0.1) is 10.2 Å². The molecule has 0 radical (unpaired) electrons. The number of methoxy groups -OCH3 is 1. The Morgan fingerprint density at radius 3 is 2.59 bits per heavy atom. The van der Waals surface area contributed by atoms with Crippen LogP contribution in [-0.2, 0) is 17.7 Å². The van der Waals surface area contributed by atoms with Gasteiger partial charge in [0.2, 0.25) is 0 Å². The van der Waals surface area contributed by atoms with E-state index in [-0.39, 0.29) is 5.91 Å². The average Bonchev–Trinajstić information content (AvgIpc) is 3.01. The molecule has 1 aliphatic rings. The van der Waals surface area contributed by atoms with Crippen molar-refractivity contribution in [1.29, 1.82) is 0 Å². The van der Waals surface area contributed by atoms with Crippen LogP contribution in [0.2, 0.25) is 0 Å². The summed E-state index contributed by atoms with van der Waals surface area (Å²) in [6.45, 7) is 0.917. The number of anilines is 1. The maximum Gasteiger partial charge on any atom is 0.337 e. The van der Waals surface area contributed by atoms with Crippen LogP contribution in [0.1, 0.15) is 45.8 Å². The van der Waals surface area contributed by atoms with Gasteiger partial charge in [-0.1, -0.05) is 18.6 Å². The molecule has 1 aromatic heterocycles. The number of ether oxygens (including phenoxy) is 1. The molecule has 148 valence electrons. The quantitative estimate of drug-likeness (QED) is 0.687. The predicted molar refractivity (Wildman–Crippen MR) is 109 cm³/mol. The third-order valence-electron chi connectivity index (χ3n) is 5.06. The first-order valence-corrected chi connectivity index (χ1v) is 9.68. The van der Waals surface area contributed by atoms with Crippen LogP contribution in [0.3, 0.4) is 0 Å². The van der Waals surface area contributed by atoms with Crippen molar-refractivity contribution >= 4 is 17.6 Å². The van der Waals surface area contributed by atoms with Crippen LogP contribution in [0.5, 0.6) is 0 Å². The first kappa shape index (κ1) is 18.9. The molecule has 1 N–H and O–H groups in total. The monoisotopic (exact) mass is 390 g/mol. The summed E-state index contributed by atoms with van der Waals surface area (Å²) < 4.78 is 6.86. The zero-order valence-electron chi connectivity index (χ0n) is 16.2. The van der Waals surface area contributed by atoms with Crippen molar-refractivity contribution in [2.45, 2.75) is 32.2 Å². The lowest BCUT2D eigenvalue weighted by Gasteiger charge is -2.10. The zero-order valence-corrected chi connectivity index (χ0v) is 16.2. The van der Waals surface area contributed by atoms with Crippen molar-refractivity contribution in [3.05, 3.63) is 65.5 Å². The molecular weight excluding hydrogens is 368 g/mol. The van der Waals surface area contributed by atoms with Crippen molar-refractivity contribution in [2.24, 2.45) is 0 Å². The van der Waals surface area contributed by atoms with E-state index < -0.39 is 5.97 Å². The number of esters is 1. The Bertz CT molecular complexity index is 1040. The summed E-state index contributed by atoms with van der Waals surface area (Å²) in [5.41, 5.74) is 2.46. The molecule has 0 spiro atoms. The molecule has 7 nitrogen and oxygen atoms in total. The van der Waals surface area contributed by atoms with Crippen LogP contribution in [0.25, 0.3) is 11.4 Å². The maximum atomic E-state index is 12.6. The SMILES string of the molecule is COC(=O)c1ccc(C(=O)Nc2cccc(-c3nnc4n3CCCCC4)c2)cc1. The number of aromatic nitrogens is 3. The Kier molecular flexibility index (Phi) is 5.37. The van der Waals surface area contributed by atoms with E-state index in [1.54, 1.807) is 24.3 Å². The van der Waals surface area contributed by atoms with Crippen molar-refractivity contribution in [1.82, 2.24) is 14.8 Å². The topological polar surface area (TPSA) is 86.1 Å². The second-order valence-corrected chi connectivity index (χ2v) is 7.01. The minimum Gasteiger partial charge on any atom is -0.465 e. The summed E-state index contributed by atoms with van der Waals surface area (Å²) in [5, 5.41) is 11.6. The number of rotatable bonds is 4. The first-order valence-electron chi connectivity index (χ1n) is 9.68. The van der Waals surface area contributed by atoms with Crippen molar-refractivity contribution in [3.8, 4) is 11.4 Å². The smallest absolute Gasteiger partial charge is 0.337 e. The Hall–Kier alpha value is -3.48. The Balaban J connectivity index is 1.53. The van der Waals surface area contributed by atoms with E-state index in [4.69, 9.17) is 0 Å². The van der Waals surface area contributed by atoms with Crippen molar-refractivity contribution in [2.75, 3.05) is 12.4 Å². The molecule has 1 aliphatic heterocycles. The van der Waals surface area contributed by atoms with Crippen LogP contribution < -0.4 is 5.32 Å². The van der Waals surface area contributed by atoms with Gasteiger partial charge in [0.25, 0.3) is 5.91 Å². The number of nitrogens with one attached hydrogen (secondary N) is 1. The number of aryl methyl sites for hydroxylation is 1. The summed E-state index contributed by atoms with van der Waals surface area (Å²) in [6, 6.07) is 14.0. The van der Waals surface area contributed by atoms with E-state index in [0.717, 1.165) is 43.0 Å². The number of carbonyl (C=O) groups excluding carboxylic acids is 2. The fourth-order valence-electron chi connectivity index (χ4n) is 3.51. The van der Waals surface area contributed by atoms with Crippen LogP contribution in [-0.4, -0.2) is 33.8 Å². The minimum absolute atomic E-state index is 0.251. The lowest BCUT2D eigenvalue weighted by molar-refractivity contribution is 0.0600. The van der Waals surface area contributed by atoms with Crippen molar-refractivity contribution in [3.63, 3.8) is 0 Å². The van der Waals surface area contributed by atoms with Gasteiger partial charge >= 0.3 is 5.97 Å². The molecule has 29 heavy (non-hydrogen) atoms. The molecule has 0 aliphatic carbocycles. The highest BCUT2D eigenvalue weighted by Gasteiger charge is 2.16. The fraction of sp³-hybridized carbons (Fsp3) is 0.273. The molecule has 0 atom stereocenters. The summed E-state index contributed by atoms with van der Waals surface area (Å²) in [4.78, 5) is 24.1. The lowest BCUT2D eigenvalue weighted by Crippen LogP contribution is -2.12. The second kappa shape index (κ2) is 8.26. The highest BCUT2D eigenvalue weighted by atomic mass is 16.5. The Morgan fingerprint density at radius 1 is 1.00 bits per heavy atom. The van der Waals surface area contributed by atoms with Gasteiger partial charge in [-0.25, -0.2) is 4.79 Å². The largest absolute Gasteiger partial charge is 0.465 e. The van der Waals surface area contributed by atoms with Gasteiger partial charge in [0.1, 0.15) is 5.82 Å². The number of hydrogen-bond donors (Lipinski definition) is 1. The Labute approximate surface area is 168 Å². The van der Waals surface area contributed by atoms with Crippen LogP contribution >= 0.6 is 0 Å². The second-order valence-electron chi connectivity index (χ2n) is 7.01. The van der Waals surface area contributed by atoms with E-state index in [9.17, 15) is 9.59 Å². The highest BCUT2D eigenvalue weighted by Crippen LogP contribution is 2.25. The molecule has 0 fully saturated rings. The number of fused-ring (bicyclic) bond motifs is 1. The molecule has 7 heteroatoms. The number of benzene rings is 2. The fourth-order valence-corrected chi connectivity index (χ4v) is 3.51. The van der Waals surface area contributed by atoms with Gasteiger partial charge in [0.05, 0.1) is 12.7 Å². The molecule has 0 saturated heterocycles. The summed E-state index contributed by atoms with van der Waals surface area (Å²) in [6.07, 6.45) is 4.41. The number of hydrogen-bond acceptors (Lipinski definition) is 5. The summed E-state index contributed by atoms with van der Waals surface area (Å²) >= 11 is 0. The van der Waals surface area contributed by atoms with Gasteiger partial charge in [0.15, 0.2) is 5.82 Å². The van der Waals surface area contributed by atoms with Gasteiger partial charge in [-0.3, -0.25) is 4.79 Å². The molecular formula is C22H22N4O3. The molecule has 2 heterocycles. The molecule has 1 amide bonds. The molecule has 0 bridgehead atoms. The van der Waals surface area contributed by atoms with E-state index >= 15 is 0 Å². The number of carbonyl (C=O) groups is 2. The zero-order chi connectivity index (χ0) is 20.2. The van der Waals surface area contributed by atoms with E-state index in [1.165, 1.54) is 13.5 Å². The highest BCUT2D eigenvalue weighted by molar-refractivity contribution is 6.05. The van der Waals surface area contributed by atoms with Gasteiger partial charge in [-0.2, -0.15) is 0 Å². The molecule has 3 aromatic rings. The van der Waals surface area contributed by atoms with Gasteiger partial charge in [-0.05, 0) is 49.2 Å². The third-order valence-corrected chi connectivity index (χ3v) is 5.06. The van der Waals surface area contributed by atoms with Crippen molar-refractivity contribution < 1.29 is 14.3 Å². The van der Waals surface area contributed by atoms with E-state index in [1.807, 2.05) is 24.3 Å². The average molecular weight is 390 g/mol.